The number of benzene rings is 2. The summed E-state index contributed by atoms with van der Waals surface area (Å²) >= 11 is 0. The fraction of sp³-hybridized carbons (Fsp3) is 0.346. The van der Waals surface area contributed by atoms with Crippen molar-refractivity contribution in [2.24, 2.45) is 0 Å². The van der Waals surface area contributed by atoms with E-state index in [0.29, 0.717) is 24.2 Å². The lowest BCUT2D eigenvalue weighted by molar-refractivity contribution is -0.138. The summed E-state index contributed by atoms with van der Waals surface area (Å²) in [4.78, 5) is 27.8. The van der Waals surface area contributed by atoms with Crippen LogP contribution in [-0.2, 0) is 19.4 Å². The molecule has 0 aliphatic carbocycles. The van der Waals surface area contributed by atoms with Gasteiger partial charge < -0.3 is 9.64 Å². The number of hydrogen-bond donors (Lipinski definition) is 0. The molecule has 0 radical (unpaired) electrons. The lowest BCUT2D eigenvalue weighted by atomic mass is 10.1. The molecule has 2 aromatic carbocycles. The molecule has 1 aromatic heterocycles. The second-order valence-corrected chi connectivity index (χ2v) is 10.9. The fourth-order valence-electron chi connectivity index (χ4n) is 4.32. The molecule has 0 unspecified atom stereocenters. The van der Waals surface area contributed by atoms with E-state index in [-0.39, 0.29) is 23.2 Å². The van der Waals surface area contributed by atoms with Crippen molar-refractivity contribution in [3.05, 3.63) is 72.4 Å². The number of aromatic nitrogens is 2. The summed E-state index contributed by atoms with van der Waals surface area (Å²) in [6.45, 7) is 3.34. The topological polar surface area (TPSA) is 98.6 Å². The van der Waals surface area contributed by atoms with Crippen LogP contribution in [0.4, 0.5) is 0 Å². The minimum Gasteiger partial charge on any atom is -0.451 e. The summed E-state index contributed by atoms with van der Waals surface area (Å²) in [6, 6.07) is 19.8. The van der Waals surface area contributed by atoms with Crippen LogP contribution in [0.5, 0.6) is 0 Å². The number of carbonyl (C=O) groups excluding carboxylic acids is 2. The van der Waals surface area contributed by atoms with E-state index in [4.69, 9.17) is 4.74 Å². The first-order valence-electron chi connectivity index (χ1n) is 11.7. The zero-order valence-electron chi connectivity index (χ0n) is 19.8. The van der Waals surface area contributed by atoms with Gasteiger partial charge in [-0.3, -0.25) is 4.79 Å². The third-order valence-electron chi connectivity index (χ3n) is 6.27. The van der Waals surface area contributed by atoms with Crippen LogP contribution in [0.3, 0.4) is 0 Å². The third-order valence-corrected chi connectivity index (χ3v) is 8.02. The maximum absolute atomic E-state index is 13.1. The van der Waals surface area contributed by atoms with E-state index < -0.39 is 34.4 Å². The molecule has 35 heavy (non-hydrogen) atoms. The van der Waals surface area contributed by atoms with Crippen LogP contribution in [0.1, 0.15) is 37.2 Å². The lowest BCUT2D eigenvalue weighted by Gasteiger charge is -2.33. The van der Waals surface area contributed by atoms with Gasteiger partial charge in [-0.15, -0.1) is 0 Å². The molecule has 1 amide bonds. The number of hydrogen-bond acceptors (Lipinski definition) is 6. The van der Waals surface area contributed by atoms with Gasteiger partial charge in [0.1, 0.15) is 0 Å². The molecule has 2 heterocycles. The van der Waals surface area contributed by atoms with E-state index in [9.17, 15) is 18.0 Å². The largest absolute Gasteiger partial charge is 0.451 e. The van der Waals surface area contributed by atoms with E-state index in [0.717, 1.165) is 5.56 Å². The molecule has 1 aliphatic rings. The smallest absolute Gasteiger partial charge is 0.357 e. The van der Waals surface area contributed by atoms with Crippen LogP contribution in [0.15, 0.2) is 66.7 Å². The Kier molecular flexibility index (Phi) is 7.35. The summed E-state index contributed by atoms with van der Waals surface area (Å²) in [5.41, 5.74) is 2.33. The SMILES string of the molecule is CC[C@H](C)N(C(=O)COC(=O)c1cc(-c2ccccc2)nn1-c1ccccc1)[C@H]1CCS(=O)(=O)C1. The molecule has 1 saturated heterocycles. The summed E-state index contributed by atoms with van der Waals surface area (Å²) in [7, 11) is -3.16. The molecule has 2 atom stereocenters. The van der Waals surface area contributed by atoms with Crippen LogP contribution in [0.2, 0.25) is 0 Å². The molecule has 1 aliphatic heterocycles. The predicted molar refractivity (Wildman–Crippen MR) is 133 cm³/mol. The molecule has 0 N–H and O–H groups in total. The van der Waals surface area contributed by atoms with Crippen LogP contribution in [0, 0.1) is 0 Å². The Morgan fingerprint density at radius 1 is 1.11 bits per heavy atom. The first-order valence-corrected chi connectivity index (χ1v) is 13.5. The molecule has 184 valence electrons. The third kappa shape index (κ3) is 5.62. The van der Waals surface area contributed by atoms with Gasteiger partial charge in [0.05, 0.1) is 22.9 Å². The second kappa shape index (κ2) is 10.4. The molecule has 0 bridgehead atoms. The van der Waals surface area contributed by atoms with Crippen molar-refractivity contribution in [2.45, 2.75) is 38.8 Å². The van der Waals surface area contributed by atoms with Crippen molar-refractivity contribution in [1.29, 1.82) is 0 Å². The normalized spacial score (nSPS) is 17.6. The quantitative estimate of drug-likeness (QED) is 0.444. The Labute approximate surface area is 205 Å². The van der Waals surface area contributed by atoms with Crippen molar-refractivity contribution in [1.82, 2.24) is 14.7 Å². The van der Waals surface area contributed by atoms with E-state index in [1.165, 1.54) is 4.68 Å². The maximum atomic E-state index is 13.1. The number of esters is 1. The first-order chi connectivity index (χ1) is 16.8. The number of ether oxygens (including phenoxy) is 1. The van der Waals surface area contributed by atoms with Gasteiger partial charge in [-0.05, 0) is 38.0 Å². The molecule has 0 spiro atoms. The van der Waals surface area contributed by atoms with Gasteiger partial charge in [0.2, 0.25) is 0 Å². The summed E-state index contributed by atoms with van der Waals surface area (Å²) in [6.07, 6.45) is 1.06. The van der Waals surface area contributed by atoms with Gasteiger partial charge in [0.25, 0.3) is 5.91 Å². The number of nitrogens with zero attached hydrogens (tertiary/aromatic N) is 3. The Morgan fingerprint density at radius 3 is 2.37 bits per heavy atom. The average molecular weight is 496 g/mol. The van der Waals surface area contributed by atoms with Gasteiger partial charge in [0, 0.05) is 17.6 Å². The van der Waals surface area contributed by atoms with Gasteiger partial charge in [-0.2, -0.15) is 5.10 Å². The second-order valence-electron chi connectivity index (χ2n) is 8.72. The van der Waals surface area contributed by atoms with Crippen LogP contribution >= 0.6 is 0 Å². The minimum atomic E-state index is -3.16. The first kappa shape index (κ1) is 24.7. The summed E-state index contributed by atoms with van der Waals surface area (Å²) < 4.78 is 30.9. The van der Waals surface area contributed by atoms with Crippen molar-refractivity contribution < 1.29 is 22.7 Å². The average Bonchev–Trinajstić information content (AvgIpc) is 3.47. The number of sulfone groups is 1. The highest BCUT2D eigenvalue weighted by Crippen LogP contribution is 2.24. The number of para-hydroxylation sites is 1. The Balaban J connectivity index is 1.56. The van der Waals surface area contributed by atoms with E-state index in [2.05, 4.69) is 5.10 Å². The molecule has 1 fully saturated rings. The summed E-state index contributed by atoms with van der Waals surface area (Å²) in [5, 5.41) is 4.61. The highest BCUT2D eigenvalue weighted by atomic mass is 32.2. The number of carbonyl (C=O) groups is 2. The van der Waals surface area contributed by atoms with Crippen molar-refractivity contribution in [3.8, 4) is 16.9 Å². The predicted octanol–water partition coefficient (Wildman–Crippen LogP) is 3.51. The molecule has 3 aromatic rings. The van der Waals surface area contributed by atoms with Gasteiger partial charge >= 0.3 is 5.97 Å². The van der Waals surface area contributed by atoms with Gasteiger partial charge in [-0.1, -0.05) is 55.5 Å². The molecular weight excluding hydrogens is 466 g/mol. The lowest BCUT2D eigenvalue weighted by Crippen LogP contribution is -2.48. The van der Waals surface area contributed by atoms with Crippen molar-refractivity contribution >= 4 is 21.7 Å². The molecule has 8 nitrogen and oxygen atoms in total. The Hall–Kier alpha value is -3.46. The fourth-order valence-corrected chi connectivity index (χ4v) is 6.03. The zero-order chi connectivity index (χ0) is 25.0. The van der Waals surface area contributed by atoms with Crippen LogP contribution < -0.4 is 0 Å². The van der Waals surface area contributed by atoms with E-state index in [1.807, 2.05) is 74.5 Å². The standard InChI is InChI=1S/C26H29N3O5S/c1-3-19(2)28(22-14-15-35(32,33)18-22)25(30)17-34-26(31)24-16-23(20-10-6-4-7-11-20)27-29(24)21-12-8-5-9-13-21/h4-13,16,19,22H,3,14-15,17-18H2,1-2H3/t19-,22-/m0/s1. The Bertz CT molecular complexity index is 1290. The van der Waals surface area contributed by atoms with Gasteiger partial charge in [0.15, 0.2) is 22.1 Å². The van der Waals surface area contributed by atoms with Crippen molar-refractivity contribution in [2.75, 3.05) is 18.1 Å². The minimum absolute atomic E-state index is 0.0573. The van der Waals surface area contributed by atoms with Crippen molar-refractivity contribution in [3.63, 3.8) is 0 Å². The summed E-state index contributed by atoms with van der Waals surface area (Å²) in [5.74, 6) is -1.07. The highest BCUT2D eigenvalue weighted by molar-refractivity contribution is 7.91. The molecule has 4 rings (SSSR count). The maximum Gasteiger partial charge on any atom is 0.357 e. The van der Waals surface area contributed by atoms with E-state index >= 15 is 0 Å². The Morgan fingerprint density at radius 2 is 1.77 bits per heavy atom. The number of rotatable bonds is 8. The van der Waals surface area contributed by atoms with Crippen LogP contribution in [-0.4, -0.2) is 65.2 Å². The zero-order valence-corrected chi connectivity index (χ0v) is 20.6. The highest BCUT2D eigenvalue weighted by Gasteiger charge is 2.37. The monoisotopic (exact) mass is 495 g/mol. The van der Waals surface area contributed by atoms with Crippen LogP contribution in [0.25, 0.3) is 16.9 Å². The molecular formula is C26H29N3O5S. The van der Waals surface area contributed by atoms with E-state index in [1.54, 1.807) is 11.0 Å². The molecule has 0 saturated carbocycles. The number of amides is 1. The molecule has 9 heteroatoms. The van der Waals surface area contributed by atoms with Gasteiger partial charge in [-0.25, -0.2) is 17.9 Å².